The van der Waals surface area contributed by atoms with E-state index in [1.807, 2.05) is 0 Å². The Bertz CT molecular complexity index is 250. The summed E-state index contributed by atoms with van der Waals surface area (Å²) in [5, 5.41) is 8.78. The summed E-state index contributed by atoms with van der Waals surface area (Å²) in [6, 6.07) is 0. The van der Waals surface area contributed by atoms with Gasteiger partial charge in [0.15, 0.2) is 6.73 Å². The monoisotopic (exact) mass is 271 g/mol. The number of hydrogen-bond acceptors (Lipinski definition) is 3. The van der Waals surface area contributed by atoms with E-state index < -0.39 is 12.1 Å². The lowest BCUT2D eigenvalue weighted by atomic mass is 10.4. The third-order valence-corrected chi connectivity index (χ3v) is 2.99. The molecule has 18 heavy (non-hydrogen) atoms. The molecule has 1 rings (SSSR count). The van der Waals surface area contributed by atoms with Gasteiger partial charge in [-0.05, 0) is 13.8 Å². The molecule has 0 saturated carbocycles. The number of halogens is 3. The Morgan fingerprint density at radius 1 is 1.28 bits per heavy atom. The second kappa shape index (κ2) is 7.58. The molecule has 1 saturated heterocycles. The third-order valence-electron chi connectivity index (χ3n) is 2.99. The van der Waals surface area contributed by atoms with E-state index >= 15 is 0 Å². The number of alkyl halides is 3. The van der Waals surface area contributed by atoms with Crippen LogP contribution in [0.25, 0.3) is 0 Å². The zero-order chi connectivity index (χ0) is 14.2. The van der Waals surface area contributed by atoms with Gasteiger partial charge in [0.05, 0.1) is 19.6 Å². The minimum Gasteiger partial charge on any atom is -0.542 e. The fraction of sp³-hybridized carbons (Fsp3) is 0.909. The van der Waals surface area contributed by atoms with Crippen LogP contribution >= 0.6 is 0 Å². The van der Waals surface area contributed by atoms with Crippen LogP contribution < -0.4 is 5.11 Å². The average Bonchev–Trinajstić information content (AvgIpc) is 2.75. The lowest BCUT2D eigenvalue weighted by Crippen LogP contribution is -2.46. The quantitative estimate of drug-likeness (QED) is 0.714. The molecule has 0 amide bonds. The smallest absolute Gasteiger partial charge is 0.430 e. The number of carbonyl (C=O) groups is 1. The Morgan fingerprint density at radius 2 is 1.72 bits per heavy atom. The van der Waals surface area contributed by atoms with E-state index in [1.165, 1.54) is 37.0 Å². The van der Waals surface area contributed by atoms with Crippen molar-refractivity contribution in [3.8, 4) is 0 Å². The molecule has 0 radical (unpaired) electrons. The van der Waals surface area contributed by atoms with E-state index in [2.05, 4.69) is 13.8 Å². The molecule has 0 atom stereocenters. The maximum atomic E-state index is 10.5. The second-order valence-corrected chi connectivity index (χ2v) is 4.22. The van der Waals surface area contributed by atoms with Gasteiger partial charge >= 0.3 is 6.18 Å². The van der Waals surface area contributed by atoms with Crippen molar-refractivity contribution in [2.45, 2.75) is 32.9 Å². The topological polar surface area (TPSA) is 49.4 Å². The highest BCUT2D eigenvalue weighted by Crippen LogP contribution is 2.18. The Morgan fingerprint density at radius 3 is 2.00 bits per heavy atom. The van der Waals surface area contributed by atoms with Crippen molar-refractivity contribution in [1.82, 2.24) is 0 Å². The third kappa shape index (κ3) is 6.20. The number of carboxylic acids is 1. The van der Waals surface area contributed by atoms with Gasteiger partial charge < -0.3 is 19.1 Å². The van der Waals surface area contributed by atoms with Crippen LogP contribution in [0.5, 0.6) is 0 Å². The van der Waals surface area contributed by atoms with Crippen molar-refractivity contribution < 1.29 is 32.3 Å². The summed E-state index contributed by atoms with van der Waals surface area (Å²) in [6.45, 7) is 10.0. The van der Waals surface area contributed by atoms with Crippen molar-refractivity contribution in [1.29, 1.82) is 0 Å². The number of carbonyl (C=O) groups excluding carboxylic acids is 1. The van der Waals surface area contributed by atoms with Gasteiger partial charge in [-0.15, -0.1) is 0 Å². The van der Waals surface area contributed by atoms with Crippen LogP contribution in [0.2, 0.25) is 0 Å². The molecule has 1 aliphatic rings. The van der Waals surface area contributed by atoms with Crippen LogP contribution in [-0.4, -0.2) is 49.6 Å². The fourth-order valence-corrected chi connectivity index (χ4v) is 1.83. The van der Waals surface area contributed by atoms with Gasteiger partial charge in [-0.1, -0.05) is 0 Å². The molecule has 0 aromatic rings. The van der Waals surface area contributed by atoms with Crippen molar-refractivity contribution in [3.63, 3.8) is 0 Å². The van der Waals surface area contributed by atoms with Crippen LogP contribution in [0.1, 0.15) is 26.7 Å². The molecule has 1 aliphatic heterocycles. The van der Waals surface area contributed by atoms with Crippen molar-refractivity contribution >= 4 is 5.97 Å². The molecule has 0 aromatic heterocycles. The van der Waals surface area contributed by atoms with Crippen molar-refractivity contribution in [2.24, 2.45) is 0 Å². The van der Waals surface area contributed by atoms with Crippen molar-refractivity contribution in [2.75, 3.05) is 33.0 Å². The minimum absolute atomic E-state index is 0.861. The maximum Gasteiger partial charge on any atom is 0.430 e. The molecule has 1 fully saturated rings. The van der Waals surface area contributed by atoms with Crippen molar-refractivity contribution in [3.05, 3.63) is 0 Å². The largest absolute Gasteiger partial charge is 0.542 e. The van der Waals surface area contributed by atoms with Gasteiger partial charge in [0.25, 0.3) is 0 Å². The molecule has 0 bridgehead atoms. The molecular weight excluding hydrogens is 251 g/mol. The highest BCUT2D eigenvalue weighted by molar-refractivity contribution is 5.70. The Labute approximate surface area is 105 Å². The highest BCUT2D eigenvalue weighted by atomic mass is 19.4. The van der Waals surface area contributed by atoms with Crippen LogP contribution in [0.4, 0.5) is 13.2 Å². The summed E-state index contributed by atoms with van der Waals surface area (Å²) in [7, 11) is 0. The SMILES string of the molecule is CCOC[N+]1(CC)CCCC1.O=C([O-])C(F)(F)F. The van der Waals surface area contributed by atoms with Crippen LogP contribution in [0, 0.1) is 0 Å². The number of carboxylic acid groups (broad SMARTS) is 1. The van der Waals surface area contributed by atoms with Crippen LogP contribution in [0.15, 0.2) is 0 Å². The number of hydrogen-bond donors (Lipinski definition) is 0. The molecule has 1 heterocycles. The summed E-state index contributed by atoms with van der Waals surface area (Å²) >= 11 is 0. The first-order valence-electron chi connectivity index (χ1n) is 5.98. The molecule has 0 aliphatic carbocycles. The predicted molar refractivity (Wildman–Crippen MR) is 57.3 cm³/mol. The number of rotatable bonds is 4. The van der Waals surface area contributed by atoms with E-state index in [0.717, 1.165) is 13.3 Å². The highest BCUT2D eigenvalue weighted by Gasteiger charge is 2.29. The first-order valence-corrected chi connectivity index (χ1v) is 5.98. The van der Waals surface area contributed by atoms with E-state index in [1.54, 1.807) is 0 Å². The number of quaternary nitrogens is 1. The molecule has 0 aromatic carbocycles. The van der Waals surface area contributed by atoms with E-state index in [0.29, 0.717) is 0 Å². The minimum atomic E-state index is -5.19. The molecule has 0 N–H and O–H groups in total. The van der Waals surface area contributed by atoms with Crippen LogP contribution in [-0.2, 0) is 9.53 Å². The normalized spacial score (nSPS) is 18.1. The van der Waals surface area contributed by atoms with Gasteiger partial charge in [-0.3, -0.25) is 0 Å². The summed E-state index contributed by atoms with van der Waals surface area (Å²) in [6.07, 6.45) is -2.41. The Hall–Kier alpha value is -0.820. The van der Waals surface area contributed by atoms with E-state index in [9.17, 15) is 13.2 Å². The summed E-state index contributed by atoms with van der Waals surface area (Å²) in [5.41, 5.74) is 0. The molecular formula is C11H20F3NO3. The standard InChI is InChI=1S/C9H20NO.C2HF3O2/c1-3-10(9-11-4-2)7-5-6-8-10;3-2(4,5)1(6)7/h3-9H2,1-2H3;(H,6,7)/q+1;/p-1. The van der Waals surface area contributed by atoms with Gasteiger partial charge in [0.2, 0.25) is 0 Å². The summed E-state index contributed by atoms with van der Waals surface area (Å²) in [4.78, 5) is 8.78. The molecule has 0 unspecified atom stereocenters. The van der Waals surface area contributed by atoms with Gasteiger partial charge in [-0.2, -0.15) is 13.2 Å². The summed E-state index contributed by atoms with van der Waals surface area (Å²) < 4.78 is 38.2. The van der Waals surface area contributed by atoms with Gasteiger partial charge in [0, 0.05) is 19.4 Å². The lowest BCUT2D eigenvalue weighted by Gasteiger charge is -2.32. The molecule has 108 valence electrons. The Kier molecular flexibility index (Phi) is 7.23. The van der Waals surface area contributed by atoms with E-state index in [4.69, 9.17) is 14.6 Å². The second-order valence-electron chi connectivity index (χ2n) is 4.22. The fourth-order valence-electron chi connectivity index (χ4n) is 1.83. The van der Waals surface area contributed by atoms with Gasteiger partial charge in [0.1, 0.15) is 5.97 Å². The summed E-state index contributed by atoms with van der Waals surface area (Å²) in [5.74, 6) is -3.01. The predicted octanol–water partition coefficient (Wildman–Crippen LogP) is 0.909. The number of aliphatic carboxylic acids is 1. The maximum absolute atomic E-state index is 10.5. The number of likely N-dealkylation sites (tertiary alicyclic amines) is 1. The Balaban J connectivity index is 0.000000360. The van der Waals surface area contributed by atoms with E-state index in [-0.39, 0.29) is 0 Å². The van der Waals surface area contributed by atoms with Crippen LogP contribution in [0.3, 0.4) is 0 Å². The van der Waals surface area contributed by atoms with Gasteiger partial charge in [-0.25, -0.2) is 0 Å². The molecule has 4 nitrogen and oxygen atoms in total. The lowest BCUT2D eigenvalue weighted by molar-refractivity contribution is -0.933. The molecule has 7 heteroatoms. The molecule has 0 spiro atoms. The average molecular weight is 271 g/mol. The first-order chi connectivity index (χ1) is 8.27. The number of nitrogens with zero attached hydrogens (tertiary/aromatic N) is 1. The zero-order valence-electron chi connectivity index (χ0n) is 10.8. The first kappa shape index (κ1) is 17.2. The number of ether oxygens (including phenoxy) is 1. The zero-order valence-corrected chi connectivity index (χ0v) is 10.8.